The maximum atomic E-state index is 6.93. The molecule has 444 valence electrons. The summed E-state index contributed by atoms with van der Waals surface area (Å²) in [5.74, 6) is 2.95. The molecule has 7 heteroatoms. The molecule has 18 rings (SSSR count). The van der Waals surface area contributed by atoms with Gasteiger partial charge >= 0.3 is 21.1 Å². The first-order chi connectivity index (χ1) is 46.2. The van der Waals surface area contributed by atoms with Crippen molar-refractivity contribution >= 4 is 33.3 Å². The van der Waals surface area contributed by atoms with Crippen molar-refractivity contribution in [3.8, 4) is 135 Å². The van der Waals surface area contributed by atoms with E-state index in [2.05, 4.69) is 313 Å². The quantitative estimate of drug-likeness (QED) is 0.128. The molecule has 0 unspecified atom stereocenters. The number of rotatable bonds is 10. The van der Waals surface area contributed by atoms with Crippen LogP contribution in [0.2, 0.25) is 0 Å². The van der Waals surface area contributed by atoms with Gasteiger partial charge in [0.15, 0.2) is 0 Å². The number of ether oxygens (including phenoxy) is 1. The van der Waals surface area contributed by atoms with Crippen LogP contribution in [-0.4, -0.2) is 19.1 Å². The Morgan fingerprint density at radius 2 is 0.638 bits per heavy atom. The van der Waals surface area contributed by atoms with E-state index < -0.39 is 0 Å². The fourth-order valence-electron chi connectivity index (χ4n) is 14.5. The zero-order valence-electron chi connectivity index (χ0n) is 50.7. The Morgan fingerprint density at radius 3 is 1.17 bits per heavy atom. The van der Waals surface area contributed by atoms with Crippen LogP contribution >= 0.6 is 0 Å². The van der Waals surface area contributed by atoms with Crippen molar-refractivity contribution in [2.45, 2.75) is 0 Å². The average molecular weight is 1380 g/mol. The molecule has 0 saturated carbocycles. The second-order valence-electron chi connectivity index (χ2n) is 23.7. The fraction of sp³-hybridized carbons (Fsp3) is 0. The first-order valence-corrected chi connectivity index (χ1v) is 31.6. The normalized spacial score (nSPS) is 11.7. The van der Waals surface area contributed by atoms with E-state index in [1.165, 1.54) is 22.3 Å². The van der Waals surface area contributed by atoms with Crippen molar-refractivity contribution in [3.63, 3.8) is 0 Å². The minimum absolute atomic E-state index is 0. The number of pyridine rings is 2. The fourth-order valence-corrected chi connectivity index (χ4v) is 14.5. The standard InChI is InChI=1S/C87H55N5O.Pt/c1-5-27-56(28-6-1)60-41-21-42-61(57-29-7-2-8-30-57)82(60)69-46-23-45-65-64-35-13-15-37-67(64)84-71-39-17-19-49-75(71)91(77(84)55-74(65)69)78-51-25-53-80(88-78)93-81-54-26-52-79(89-81)92-76-50-20-18-40-72(76)85-68-38-16-14-36-66(68)70-47-24-48-73(86(70)90-87(85)92)83-62(58-31-9-3-10-32-58)43-22-44-63(83)59-33-11-4-12-34-59;/h1-55H;/q-2;+2. The van der Waals surface area contributed by atoms with Crippen molar-refractivity contribution < 1.29 is 25.8 Å². The number of hydrogen-bond acceptors (Lipinski definition) is 3. The molecule has 94 heavy (non-hydrogen) atoms. The van der Waals surface area contributed by atoms with Gasteiger partial charge in [0.05, 0.1) is 5.82 Å². The molecule has 2 aliphatic rings. The molecule has 0 N–H and O–H groups in total. The monoisotopic (exact) mass is 1380 g/mol. The van der Waals surface area contributed by atoms with Crippen molar-refractivity contribution in [1.82, 2.24) is 19.1 Å². The summed E-state index contributed by atoms with van der Waals surface area (Å²) in [6, 6.07) is 116. The Kier molecular flexibility index (Phi) is 14.0. The molecule has 0 spiro atoms. The molecule has 1 aliphatic carbocycles. The minimum atomic E-state index is 0. The third-order valence-corrected chi connectivity index (χ3v) is 18.5. The van der Waals surface area contributed by atoms with E-state index in [9.17, 15) is 0 Å². The molecule has 16 aromatic rings. The predicted octanol–water partition coefficient (Wildman–Crippen LogP) is 23.4. The van der Waals surface area contributed by atoms with Gasteiger partial charge in [-0.05, 0) is 135 Å². The van der Waals surface area contributed by atoms with E-state index in [4.69, 9.17) is 20.0 Å². The second-order valence-corrected chi connectivity index (χ2v) is 23.7. The third kappa shape index (κ3) is 9.32. The smallest absolute Gasteiger partial charge is 0.434 e. The molecule has 12 aromatic carbocycles. The average Bonchev–Trinajstić information content (AvgIpc) is 1.55. The summed E-state index contributed by atoms with van der Waals surface area (Å²) in [7, 11) is 0. The first-order valence-electron chi connectivity index (χ1n) is 31.6. The number of nitrogens with zero attached hydrogens (tertiary/aromatic N) is 5. The summed E-state index contributed by atoms with van der Waals surface area (Å²) >= 11 is 0. The predicted molar refractivity (Wildman–Crippen MR) is 382 cm³/mol. The summed E-state index contributed by atoms with van der Waals surface area (Å²) in [5.41, 5.74) is 27.6. The third-order valence-electron chi connectivity index (χ3n) is 18.5. The molecular formula is C87H55N5OPt. The van der Waals surface area contributed by atoms with Gasteiger partial charge in [-0.25, -0.2) is 4.98 Å². The van der Waals surface area contributed by atoms with Crippen molar-refractivity contribution in [3.05, 3.63) is 351 Å². The van der Waals surface area contributed by atoms with E-state index in [0.717, 1.165) is 134 Å². The van der Waals surface area contributed by atoms with Gasteiger partial charge in [0.25, 0.3) is 0 Å². The molecule has 6 nitrogen and oxygen atoms in total. The van der Waals surface area contributed by atoms with Gasteiger partial charge in [-0.15, -0.1) is 12.0 Å². The second kappa shape index (κ2) is 23.4. The van der Waals surface area contributed by atoms with Gasteiger partial charge in [-0.2, -0.15) is 4.98 Å². The number of fused-ring (bicyclic) bond motifs is 14. The number of benzene rings is 12. The summed E-state index contributed by atoms with van der Waals surface area (Å²) in [4.78, 5) is 10.8. The van der Waals surface area contributed by atoms with Gasteiger partial charge in [-0.3, -0.25) is 0 Å². The largest absolute Gasteiger partial charge is 2.00 e. The molecule has 0 fully saturated rings. The minimum Gasteiger partial charge on any atom is -0.434 e. The van der Waals surface area contributed by atoms with Crippen LogP contribution in [0.5, 0.6) is 11.8 Å². The van der Waals surface area contributed by atoms with Crippen molar-refractivity contribution in [2.24, 2.45) is 0 Å². The first kappa shape index (κ1) is 56.2. The van der Waals surface area contributed by atoms with Crippen LogP contribution in [0.1, 0.15) is 11.3 Å². The van der Waals surface area contributed by atoms with Crippen molar-refractivity contribution in [2.75, 3.05) is 0 Å². The molecule has 4 aromatic heterocycles. The van der Waals surface area contributed by atoms with E-state index in [1.54, 1.807) is 0 Å². The van der Waals surface area contributed by atoms with Crippen LogP contribution in [0.4, 0.5) is 11.5 Å². The summed E-state index contributed by atoms with van der Waals surface area (Å²) in [5, 5.41) is 8.14. The number of aromatic nitrogens is 4. The Hall–Kier alpha value is -11.8. The molecule has 0 atom stereocenters. The van der Waals surface area contributed by atoms with Crippen LogP contribution < -0.4 is 4.74 Å². The maximum Gasteiger partial charge on any atom is 2.00 e. The van der Waals surface area contributed by atoms with Gasteiger partial charge in [0.1, 0.15) is 5.82 Å². The number of para-hydroxylation sites is 3. The van der Waals surface area contributed by atoms with Gasteiger partial charge in [0, 0.05) is 17.6 Å². The van der Waals surface area contributed by atoms with Gasteiger partial charge in [0.2, 0.25) is 11.8 Å². The van der Waals surface area contributed by atoms with Crippen LogP contribution in [0.15, 0.2) is 328 Å². The zero-order chi connectivity index (χ0) is 61.3. The van der Waals surface area contributed by atoms with Crippen molar-refractivity contribution in [1.29, 1.82) is 0 Å². The van der Waals surface area contributed by atoms with E-state index >= 15 is 0 Å². The van der Waals surface area contributed by atoms with Gasteiger partial charge < -0.3 is 19.2 Å². The molecule has 5 heterocycles. The van der Waals surface area contributed by atoms with Crippen LogP contribution in [0.25, 0.3) is 150 Å². The SMILES string of the molecule is [Pt+2].c1ccc(-c2cccc(-c3ccccc3)c2-c2cccc3c2[CH-]c2c(c4ccccc4n2-c2cccc(Oc4cccc(-n5c6c(c7ccccc75)-c5ccccc5-c5cccc(-c7c(-c8ccccc8)cccc7-c7ccccc7)c5[N-]6)n4)n2)-c2ccccc2-3)cc1. The Balaban J connectivity index is 0.00000672. The zero-order valence-corrected chi connectivity index (χ0v) is 53.0. The molecular weight excluding hydrogens is 1330 g/mol. The number of hydrogen-bond donors (Lipinski definition) is 0. The molecule has 1 aliphatic heterocycles. The van der Waals surface area contributed by atoms with E-state index in [-0.39, 0.29) is 21.1 Å². The van der Waals surface area contributed by atoms with Gasteiger partial charge in [-0.1, -0.05) is 325 Å². The van der Waals surface area contributed by atoms with Crippen LogP contribution in [-0.2, 0) is 21.1 Å². The summed E-state index contributed by atoms with van der Waals surface area (Å²) in [6.07, 6.45) is 2.40. The Bertz CT molecular complexity index is 5140. The topological polar surface area (TPSA) is 59.0 Å². The Morgan fingerprint density at radius 1 is 0.277 bits per heavy atom. The van der Waals surface area contributed by atoms with Crippen LogP contribution in [0.3, 0.4) is 0 Å². The van der Waals surface area contributed by atoms with E-state index in [1.807, 2.05) is 30.3 Å². The molecule has 0 amide bonds. The molecule has 0 bridgehead atoms. The Labute approximate surface area is 559 Å². The molecule has 0 saturated heterocycles. The van der Waals surface area contributed by atoms with E-state index in [0.29, 0.717) is 23.4 Å². The molecule has 0 radical (unpaired) electrons. The summed E-state index contributed by atoms with van der Waals surface area (Å²) in [6.45, 7) is 0. The summed E-state index contributed by atoms with van der Waals surface area (Å²) < 4.78 is 11.4. The maximum absolute atomic E-state index is 6.93. The van der Waals surface area contributed by atoms with Crippen LogP contribution in [0, 0.1) is 6.42 Å².